The van der Waals surface area contributed by atoms with Crippen molar-refractivity contribution in [3.05, 3.63) is 24.0 Å². The Morgan fingerprint density at radius 3 is 2.89 bits per heavy atom. The first-order valence-corrected chi connectivity index (χ1v) is 6.44. The zero-order chi connectivity index (χ0) is 11.8. The summed E-state index contributed by atoms with van der Waals surface area (Å²) in [7, 11) is 0. The molecule has 0 bridgehead atoms. The van der Waals surface area contributed by atoms with Crippen molar-refractivity contribution in [1.82, 2.24) is 9.88 Å². The Labute approximate surface area is 113 Å². The number of nitrogens with two attached hydrogens (primary N) is 1. The van der Waals surface area contributed by atoms with Gasteiger partial charge in [0.2, 0.25) is 0 Å². The SMILES string of the molecule is Cl.NC1CCCC2CN(C(=O)c3ccc[nH]3)CC12. The third-order valence-electron chi connectivity index (χ3n) is 4.27. The van der Waals surface area contributed by atoms with Gasteiger partial charge in [0, 0.05) is 25.3 Å². The minimum atomic E-state index is 0. The van der Waals surface area contributed by atoms with Gasteiger partial charge in [-0.2, -0.15) is 0 Å². The van der Waals surface area contributed by atoms with E-state index in [0.29, 0.717) is 17.5 Å². The van der Waals surface area contributed by atoms with E-state index in [2.05, 4.69) is 4.98 Å². The number of aromatic nitrogens is 1. The number of amides is 1. The molecule has 4 nitrogen and oxygen atoms in total. The Kier molecular flexibility index (Phi) is 3.97. The van der Waals surface area contributed by atoms with E-state index in [1.165, 1.54) is 12.8 Å². The highest BCUT2D eigenvalue weighted by Gasteiger charge is 2.40. The Morgan fingerprint density at radius 1 is 1.39 bits per heavy atom. The van der Waals surface area contributed by atoms with Crippen molar-refractivity contribution < 1.29 is 4.79 Å². The lowest BCUT2D eigenvalue weighted by molar-refractivity contribution is 0.0778. The van der Waals surface area contributed by atoms with Gasteiger partial charge in [0.1, 0.15) is 5.69 Å². The quantitative estimate of drug-likeness (QED) is 0.814. The van der Waals surface area contributed by atoms with E-state index in [-0.39, 0.29) is 24.4 Å². The zero-order valence-electron chi connectivity index (χ0n) is 10.3. The number of nitrogens with one attached hydrogen (secondary N) is 1. The average Bonchev–Trinajstić information content (AvgIpc) is 2.98. The largest absolute Gasteiger partial charge is 0.357 e. The fraction of sp³-hybridized carbons (Fsp3) is 0.615. The number of halogens is 1. The molecule has 3 atom stereocenters. The van der Waals surface area contributed by atoms with Crippen molar-refractivity contribution in [1.29, 1.82) is 0 Å². The third kappa shape index (κ3) is 2.27. The molecule has 3 rings (SSSR count). The molecule has 3 N–H and O–H groups in total. The maximum Gasteiger partial charge on any atom is 0.270 e. The second kappa shape index (κ2) is 5.33. The summed E-state index contributed by atoms with van der Waals surface area (Å²) >= 11 is 0. The first-order valence-electron chi connectivity index (χ1n) is 6.44. The molecule has 1 aliphatic carbocycles. The van der Waals surface area contributed by atoms with Gasteiger partial charge >= 0.3 is 0 Å². The van der Waals surface area contributed by atoms with Crippen molar-refractivity contribution in [3.63, 3.8) is 0 Å². The van der Waals surface area contributed by atoms with Crippen molar-refractivity contribution in [2.24, 2.45) is 17.6 Å². The molecule has 18 heavy (non-hydrogen) atoms. The highest BCUT2D eigenvalue weighted by molar-refractivity contribution is 5.92. The van der Waals surface area contributed by atoms with Crippen molar-refractivity contribution in [2.45, 2.75) is 25.3 Å². The number of aromatic amines is 1. The molecule has 2 heterocycles. The van der Waals surface area contributed by atoms with Crippen molar-refractivity contribution >= 4 is 18.3 Å². The van der Waals surface area contributed by atoms with Gasteiger partial charge < -0.3 is 15.6 Å². The molecule has 1 aromatic rings. The molecule has 0 radical (unpaired) electrons. The normalized spacial score (nSPS) is 30.7. The van der Waals surface area contributed by atoms with Crippen LogP contribution < -0.4 is 5.73 Å². The molecule has 0 spiro atoms. The molecule has 1 amide bonds. The molecule has 3 unspecified atom stereocenters. The summed E-state index contributed by atoms with van der Waals surface area (Å²) in [5, 5.41) is 0. The first-order chi connectivity index (χ1) is 8.25. The highest BCUT2D eigenvalue weighted by Crippen LogP contribution is 2.35. The zero-order valence-corrected chi connectivity index (χ0v) is 11.2. The number of nitrogens with zero attached hydrogens (tertiary/aromatic N) is 1. The minimum absolute atomic E-state index is 0. The van der Waals surface area contributed by atoms with Gasteiger partial charge in [-0.1, -0.05) is 6.42 Å². The van der Waals surface area contributed by atoms with Crippen LogP contribution in [-0.2, 0) is 0 Å². The Bertz CT molecular complexity index is 406. The summed E-state index contributed by atoms with van der Waals surface area (Å²) in [6.07, 6.45) is 5.35. The summed E-state index contributed by atoms with van der Waals surface area (Å²) < 4.78 is 0. The second-order valence-corrected chi connectivity index (χ2v) is 5.31. The topological polar surface area (TPSA) is 62.1 Å². The van der Waals surface area contributed by atoms with E-state index in [4.69, 9.17) is 5.73 Å². The maximum absolute atomic E-state index is 12.2. The van der Waals surface area contributed by atoms with Gasteiger partial charge in [-0.05, 0) is 36.8 Å². The van der Waals surface area contributed by atoms with Crippen LogP contribution in [0.4, 0.5) is 0 Å². The van der Waals surface area contributed by atoms with Gasteiger partial charge in [0.15, 0.2) is 0 Å². The Hall–Kier alpha value is -1.00. The number of hydrogen-bond acceptors (Lipinski definition) is 2. The fourth-order valence-corrected chi connectivity index (χ4v) is 3.32. The van der Waals surface area contributed by atoms with E-state index in [9.17, 15) is 4.79 Å². The first kappa shape index (κ1) is 13.4. The smallest absolute Gasteiger partial charge is 0.270 e. The van der Waals surface area contributed by atoms with E-state index in [0.717, 1.165) is 19.5 Å². The van der Waals surface area contributed by atoms with E-state index in [1.54, 1.807) is 6.20 Å². The number of likely N-dealkylation sites (tertiary alicyclic amines) is 1. The van der Waals surface area contributed by atoms with Crippen LogP contribution in [0.25, 0.3) is 0 Å². The molecule has 100 valence electrons. The molecule has 5 heteroatoms. The Morgan fingerprint density at radius 2 is 2.22 bits per heavy atom. The van der Waals surface area contributed by atoms with E-state index < -0.39 is 0 Å². The van der Waals surface area contributed by atoms with E-state index in [1.807, 2.05) is 17.0 Å². The number of H-pyrrole nitrogens is 1. The third-order valence-corrected chi connectivity index (χ3v) is 4.27. The lowest BCUT2D eigenvalue weighted by Crippen LogP contribution is -2.38. The maximum atomic E-state index is 12.2. The number of fused-ring (bicyclic) bond motifs is 1. The van der Waals surface area contributed by atoms with Crippen LogP contribution in [0.5, 0.6) is 0 Å². The van der Waals surface area contributed by atoms with Crippen LogP contribution in [0.15, 0.2) is 18.3 Å². The summed E-state index contributed by atoms with van der Waals surface area (Å²) in [5.41, 5.74) is 6.85. The van der Waals surface area contributed by atoms with Crippen LogP contribution in [-0.4, -0.2) is 34.9 Å². The molecule has 0 aromatic carbocycles. The molecule has 1 saturated carbocycles. The predicted molar refractivity (Wildman–Crippen MR) is 72.8 cm³/mol. The standard InChI is InChI=1S/C13H19N3O.ClH/c14-11-4-1-3-9-7-16(8-10(9)11)13(17)12-5-2-6-15-12;/h2,5-6,9-11,15H,1,3-4,7-8,14H2;1H. The van der Waals surface area contributed by atoms with Crippen LogP contribution >= 0.6 is 12.4 Å². The number of carbonyl (C=O) groups is 1. The van der Waals surface area contributed by atoms with Crippen molar-refractivity contribution in [2.75, 3.05) is 13.1 Å². The lowest BCUT2D eigenvalue weighted by atomic mass is 9.78. The predicted octanol–water partition coefficient (Wildman–Crippen LogP) is 1.64. The van der Waals surface area contributed by atoms with Crippen LogP contribution in [0.1, 0.15) is 29.8 Å². The molecule has 2 aliphatic rings. The monoisotopic (exact) mass is 269 g/mol. The summed E-state index contributed by atoms with van der Waals surface area (Å²) in [6, 6.07) is 3.99. The molecule has 1 aromatic heterocycles. The van der Waals surface area contributed by atoms with Crippen LogP contribution in [0, 0.1) is 11.8 Å². The van der Waals surface area contributed by atoms with Gasteiger partial charge in [0.25, 0.3) is 5.91 Å². The van der Waals surface area contributed by atoms with E-state index >= 15 is 0 Å². The van der Waals surface area contributed by atoms with Gasteiger partial charge in [-0.3, -0.25) is 4.79 Å². The molecular formula is C13H20ClN3O. The van der Waals surface area contributed by atoms with Crippen LogP contribution in [0.3, 0.4) is 0 Å². The summed E-state index contributed by atoms with van der Waals surface area (Å²) in [5.74, 6) is 1.26. The minimum Gasteiger partial charge on any atom is -0.357 e. The lowest BCUT2D eigenvalue weighted by Gasteiger charge is -2.29. The number of carbonyl (C=O) groups excluding carboxylic acids is 1. The molecule has 1 saturated heterocycles. The van der Waals surface area contributed by atoms with Crippen LogP contribution in [0.2, 0.25) is 0 Å². The second-order valence-electron chi connectivity index (χ2n) is 5.31. The summed E-state index contributed by atoms with van der Waals surface area (Å²) in [4.78, 5) is 17.2. The number of rotatable bonds is 1. The van der Waals surface area contributed by atoms with Gasteiger partial charge in [-0.15, -0.1) is 12.4 Å². The highest BCUT2D eigenvalue weighted by atomic mass is 35.5. The number of hydrogen-bond donors (Lipinski definition) is 2. The van der Waals surface area contributed by atoms with Crippen molar-refractivity contribution in [3.8, 4) is 0 Å². The summed E-state index contributed by atoms with van der Waals surface area (Å²) in [6.45, 7) is 1.72. The molecular weight excluding hydrogens is 250 g/mol. The molecule has 2 fully saturated rings. The molecule has 1 aliphatic heterocycles. The average molecular weight is 270 g/mol. The Balaban J connectivity index is 0.00000120. The van der Waals surface area contributed by atoms with Gasteiger partial charge in [0.05, 0.1) is 0 Å². The van der Waals surface area contributed by atoms with Gasteiger partial charge in [-0.25, -0.2) is 0 Å². The fourth-order valence-electron chi connectivity index (χ4n) is 3.32.